The van der Waals surface area contributed by atoms with Crippen molar-refractivity contribution in [1.29, 1.82) is 0 Å². The Morgan fingerprint density at radius 2 is 2.00 bits per heavy atom. The highest BCUT2D eigenvalue weighted by Gasteiger charge is 2.16. The second kappa shape index (κ2) is 4.59. The normalized spacial score (nSPS) is 12.1. The SMILES string of the molecule is [NH3+][C@@H](Cc1ccc(O)cc1)C(=O)NO. The van der Waals surface area contributed by atoms with Crippen LogP contribution < -0.4 is 11.2 Å². The van der Waals surface area contributed by atoms with Gasteiger partial charge in [-0.2, -0.15) is 0 Å². The third kappa shape index (κ3) is 2.72. The van der Waals surface area contributed by atoms with E-state index in [1.165, 1.54) is 0 Å². The average Bonchev–Trinajstić information content (AvgIpc) is 2.20. The number of nitrogens with one attached hydrogen (secondary N) is 1. The predicted octanol–water partition coefficient (Wildman–Crippen LogP) is -0.949. The lowest BCUT2D eigenvalue weighted by Gasteiger charge is -2.05. The number of amides is 1. The second-order valence-corrected chi connectivity index (χ2v) is 3.04. The number of phenolic OH excluding ortho intramolecular Hbond substituents is 1. The summed E-state index contributed by atoms with van der Waals surface area (Å²) in [6.45, 7) is 0. The van der Waals surface area contributed by atoms with Crippen LogP contribution in [0.25, 0.3) is 0 Å². The van der Waals surface area contributed by atoms with Gasteiger partial charge in [0.05, 0.1) is 0 Å². The van der Waals surface area contributed by atoms with Gasteiger partial charge in [-0.25, -0.2) is 5.48 Å². The van der Waals surface area contributed by atoms with E-state index in [4.69, 9.17) is 10.3 Å². The number of quaternary nitrogens is 1. The minimum atomic E-state index is -0.537. The topological polar surface area (TPSA) is 97.2 Å². The van der Waals surface area contributed by atoms with Crippen LogP contribution in [-0.4, -0.2) is 22.3 Å². The Labute approximate surface area is 81.1 Å². The standard InChI is InChI=1S/C9H12N2O3/c10-8(9(13)11-14)5-6-1-3-7(12)4-2-6/h1-4,8,12,14H,5,10H2,(H,11,13)/p+1/t8-/m0/s1. The Balaban J connectivity index is 2.60. The molecule has 0 aliphatic rings. The van der Waals surface area contributed by atoms with Crippen molar-refractivity contribution in [2.24, 2.45) is 0 Å². The Kier molecular flexibility index (Phi) is 3.44. The molecule has 1 aromatic rings. The van der Waals surface area contributed by atoms with Crippen molar-refractivity contribution in [3.8, 4) is 5.75 Å². The lowest BCUT2D eigenvalue weighted by molar-refractivity contribution is -0.404. The molecule has 5 heteroatoms. The molecule has 76 valence electrons. The fraction of sp³-hybridized carbons (Fsp3) is 0.222. The number of phenols is 1. The summed E-state index contributed by atoms with van der Waals surface area (Å²) in [4.78, 5) is 10.9. The first kappa shape index (κ1) is 10.5. The summed E-state index contributed by atoms with van der Waals surface area (Å²) in [7, 11) is 0. The van der Waals surface area contributed by atoms with Crippen LogP contribution in [0.1, 0.15) is 5.56 Å². The van der Waals surface area contributed by atoms with Gasteiger partial charge in [0, 0.05) is 6.42 Å². The van der Waals surface area contributed by atoms with E-state index >= 15 is 0 Å². The van der Waals surface area contributed by atoms with Crippen molar-refractivity contribution in [2.45, 2.75) is 12.5 Å². The fourth-order valence-corrected chi connectivity index (χ4v) is 1.10. The van der Waals surface area contributed by atoms with E-state index in [2.05, 4.69) is 5.73 Å². The molecule has 0 unspecified atom stereocenters. The highest BCUT2D eigenvalue weighted by atomic mass is 16.5. The molecular formula is C9H13N2O3+. The van der Waals surface area contributed by atoms with E-state index in [0.717, 1.165) is 5.56 Å². The lowest BCUT2D eigenvalue weighted by Crippen LogP contribution is -2.68. The quantitative estimate of drug-likeness (QED) is 0.371. The van der Waals surface area contributed by atoms with Crippen molar-refractivity contribution in [1.82, 2.24) is 5.48 Å². The van der Waals surface area contributed by atoms with E-state index < -0.39 is 11.9 Å². The van der Waals surface area contributed by atoms with Crippen LogP contribution in [0, 0.1) is 0 Å². The third-order valence-corrected chi connectivity index (χ3v) is 1.90. The number of carbonyl (C=O) groups is 1. The number of hydrogen-bond donors (Lipinski definition) is 4. The van der Waals surface area contributed by atoms with Crippen molar-refractivity contribution < 1.29 is 20.8 Å². The summed E-state index contributed by atoms with van der Waals surface area (Å²) in [5, 5.41) is 17.4. The van der Waals surface area contributed by atoms with Crippen molar-refractivity contribution in [2.75, 3.05) is 0 Å². The number of carbonyl (C=O) groups excluding carboxylic acids is 1. The minimum absolute atomic E-state index is 0.181. The summed E-state index contributed by atoms with van der Waals surface area (Å²) in [6.07, 6.45) is 0.423. The molecule has 14 heavy (non-hydrogen) atoms. The van der Waals surface area contributed by atoms with E-state index in [1.54, 1.807) is 29.7 Å². The molecule has 0 saturated heterocycles. The number of benzene rings is 1. The van der Waals surface area contributed by atoms with Crippen molar-refractivity contribution in [3.63, 3.8) is 0 Å². The number of rotatable bonds is 3. The molecule has 0 aliphatic carbocycles. The van der Waals surface area contributed by atoms with Crippen LogP contribution >= 0.6 is 0 Å². The van der Waals surface area contributed by atoms with E-state index in [-0.39, 0.29) is 5.75 Å². The Morgan fingerprint density at radius 1 is 1.43 bits per heavy atom. The smallest absolute Gasteiger partial charge is 0.301 e. The maximum Gasteiger partial charge on any atom is 0.301 e. The maximum atomic E-state index is 10.9. The maximum absolute atomic E-state index is 10.9. The average molecular weight is 197 g/mol. The molecule has 0 heterocycles. The molecule has 0 aliphatic heterocycles. The molecule has 0 aromatic heterocycles. The Morgan fingerprint density at radius 3 is 2.50 bits per heavy atom. The highest BCUT2D eigenvalue weighted by Crippen LogP contribution is 2.10. The van der Waals surface area contributed by atoms with Crippen LogP contribution in [-0.2, 0) is 11.2 Å². The van der Waals surface area contributed by atoms with Gasteiger partial charge in [0.25, 0.3) is 0 Å². The number of hydroxylamine groups is 1. The molecule has 1 atom stereocenters. The molecular weight excluding hydrogens is 184 g/mol. The molecule has 6 N–H and O–H groups in total. The van der Waals surface area contributed by atoms with Gasteiger partial charge < -0.3 is 10.8 Å². The molecule has 1 amide bonds. The van der Waals surface area contributed by atoms with E-state index in [0.29, 0.717) is 6.42 Å². The van der Waals surface area contributed by atoms with Gasteiger partial charge in [0.2, 0.25) is 0 Å². The monoisotopic (exact) mass is 197 g/mol. The molecule has 0 radical (unpaired) electrons. The van der Waals surface area contributed by atoms with Crippen LogP contribution in [0.15, 0.2) is 24.3 Å². The number of hydrogen-bond acceptors (Lipinski definition) is 3. The first-order valence-corrected chi connectivity index (χ1v) is 4.18. The Bertz CT molecular complexity index is 310. The predicted molar refractivity (Wildman–Crippen MR) is 48.4 cm³/mol. The van der Waals surface area contributed by atoms with E-state index in [9.17, 15) is 4.79 Å². The van der Waals surface area contributed by atoms with Crippen LogP contribution in [0.4, 0.5) is 0 Å². The molecule has 0 spiro atoms. The van der Waals surface area contributed by atoms with Crippen molar-refractivity contribution >= 4 is 5.91 Å². The number of aromatic hydroxyl groups is 1. The second-order valence-electron chi connectivity index (χ2n) is 3.04. The zero-order chi connectivity index (χ0) is 10.6. The van der Waals surface area contributed by atoms with Gasteiger partial charge >= 0.3 is 5.91 Å². The highest BCUT2D eigenvalue weighted by molar-refractivity contribution is 5.79. The molecule has 1 rings (SSSR count). The van der Waals surface area contributed by atoms with Crippen LogP contribution in [0.3, 0.4) is 0 Å². The summed E-state index contributed by atoms with van der Waals surface area (Å²) in [6, 6.07) is 5.96. The molecule has 0 saturated carbocycles. The van der Waals surface area contributed by atoms with Crippen molar-refractivity contribution in [3.05, 3.63) is 29.8 Å². The van der Waals surface area contributed by atoms with Crippen LogP contribution in [0.2, 0.25) is 0 Å². The first-order chi connectivity index (χ1) is 6.63. The van der Waals surface area contributed by atoms with Gasteiger partial charge in [-0.1, -0.05) is 12.1 Å². The molecule has 1 aromatic carbocycles. The molecule has 5 nitrogen and oxygen atoms in total. The molecule has 0 fully saturated rings. The summed E-state index contributed by atoms with van der Waals surface area (Å²) in [5.41, 5.74) is 6.02. The third-order valence-electron chi connectivity index (χ3n) is 1.90. The zero-order valence-corrected chi connectivity index (χ0v) is 7.60. The van der Waals surface area contributed by atoms with Gasteiger partial charge in [-0.05, 0) is 17.7 Å². The van der Waals surface area contributed by atoms with Gasteiger partial charge in [-0.15, -0.1) is 0 Å². The molecule has 0 bridgehead atoms. The van der Waals surface area contributed by atoms with Gasteiger partial charge in [0.1, 0.15) is 5.75 Å². The minimum Gasteiger partial charge on any atom is -0.508 e. The summed E-state index contributed by atoms with van der Waals surface area (Å²) in [5.74, 6) is -0.334. The fourth-order valence-electron chi connectivity index (χ4n) is 1.10. The van der Waals surface area contributed by atoms with Crippen LogP contribution in [0.5, 0.6) is 5.75 Å². The van der Waals surface area contributed by atoms with Gasteiger partial charge in [-0.3, -0.25) is 10.0 Å². The zero-order valence-electron chi connectivity index (χ0n) is 7.60. The largest absolute Gasteiger partial charge is 0.508 e. The summed E-state index contributed by atoms with van der Waals surface area (Å²) >= 11 is 0. The Hall–Kier alpha value is -1.59. The lowest BCUT2D eigenvalue weighted by atomic mass is 10.1. The first-order valence-electron chi connectivity index (χ1n) is 4.18. The van der Waals surface area contributed by atoms with E-state index in [1.807, 2.05) is 0 Å². The summed E-state index contributed by atoms with van der Waals surface area (Å²) < 4.78 is 0. The van der Waals surface area contributed by atoms with Gasteiger partial charge in [0.15, 0.2) is 6.04 Å².